The number of thiazole rings is 1. The second-order valence-corrected chi connectivity index (χ2v) is 6.34. The summed E-state index contributed by atoms with van der Waals surface area (Å²) in [6, 6.07) is 5.12. The molecule has 1 aromatic carbocycles. The second kappa shape index (κ2) is 6.04. The molecule has 1 aliphatic heterocycles. The molecule has 3 aromatic rings. The molecule has 2 aromatic heterocycles. The first-order valence-corrected chi connectivity index (χ1v) is 8.44. The zero-order valence-corrected chi connectivity index (χ0v) is 13.5. The number of hydrogen-bond donors (Lipinski definition) is 1. The number of ether oxygens (including phenoxy) is 1. The van der Waals surface area contributed by atoms with Crippen molar-refractivity contribution in [3.63, 3.8) is 0 Å². The van der Waals surface area contributed by atoms with Crippen molar-refractivity contribution in [1.29, 1.82) is 0 Å². The van der Waals surface area contributed by atoms with Crippen molar-refractivity contribution >= 4 is 33.3 Å². The van der Waals surface area contributed by atoms with E-state index in [2.05, 4.69) is 15.3 Å². The number of benzene rings is 1. The molecule has 0 radical (unpaired) electrons. The first-order valence-electron chi connectivity index (χ1n) is 7.56. The molecule has 3 heterocycles. The molecule has 1 amide bonds. The number of nitrogens with one attached hydrogen (secondary N) is 1. The van der Waals surface area contributed by atoms with Crippen LogP contribution >= 0.6 is 11.3 Å². The van der Waals surface area contributed by atoms with E-state index >= 15 is 0 Å². The van der Waals surface area contributed by atoms with Gasteiger partial charge in [0.15, 0.2) is 11.7 Å². The summed E-state index contributed by atoms with van der Waals surface area (Å²) < 4.78 is 7.20. The third-order valence-corrected chi connectivity index (χ3v) is 4.52. The third-order valence-electron chi connectivity index (χ3n) is 3.84. The molecule has 24 heavy (non-hydrogen) atoms. The van der Waals surface area contributed by atoms with Gasteiger partial charge in [0.1, 0.15) is 11.6 Å². The Hall–Kier alpha value is -2.74. The number of aryl methyl sites for hydroxylation is 1. The largest absolute Gasteiger partial charge is 0.484 e. The topological polar surface area (TPSA) is 86.1 Å². The fourth-order valence-electron chi connectivity index (χ4n) is 2.74. The highest BCUT2D eigenvalue weighted by molar-refractivity contribution is 7.13. The summed E-state index contributed by atoms with van der Waals surface area (Å²) >= 11 is 1.34. The van der Waals surface area contributed by atoms with E-state index in [9.17, 15) is 9.59 Å². The van der Waals surface area contributed by atoms with E-state index in [0.717, 1.165) is 18.7 Å². The molecule has 0 fully saturated rings. The number of fused-ring (bicyclic) bond motifs is 2. The van der Waals surface area contributed by atoms with Crippen LogP contribution in [0.1, 0.15) is 12.2 Å². The van der Waals surface area contributed by atoms with Crippen LogP contribution in [0.25, 0.3) is 10.9 Å². The van der Waals surface area contributed by atoms with Crippen molar-refractivity contribution in [2.24, 2.45) is 0 Å². The number of carbonyl (C=O) groups excluding carboxylic acids is 1. The van der Waals surface area contributed by atoms with Crippen molar-refractivity contribution in [1.82, 2.24) is 14.5 Å². The van der Waals surface area contributed by atoms with Crippen LogP contribution in [0.4, 0.5) is 5.13 Å². The van der Waals surface area contributed by atoms with Crippen LogP contribution in [0.5, 0.6) is 5.75 Å². The maximum Gasteiger partial charge on any atom is 0.264 e. The zero-order chi connectivity index (χ0) is 16.5. The van der Waals surface area contributed by atoms with E-state index in [1.165, 1.54) is 11.3 Å². The highest BCUT2D eigenvalue weighted by Gasteiger charge is 2.16. The van der Waals surface area contributed by atoms with Crippen molar-refractivity contribution in [3.05, 3.63) is 46.0 Å². The smallest absolute Gasteiger partial charge is 0.264 e. The fraction of sp³-hybridized carbons (Fsp3) is 0.250. The molecule has 0 bridgehead atoms. The molecule has 0 atom stereocenters. The van der Waals surface area contributed by atoms with Crippen LogP contribution in [0, 0.1) is 0 Å². The standard InChI is InChI=1S/C16H14N4O3S/c21-14(19-16-17-5-7-24-16)9-23-10-3-4-12-11(8-10)15(22)20-6-1-2-13(20)18-12/h3-5,7-8H,1-2,6,9H2,(H,17,19,21). The number of hydrogen-bond acceptors (Lipinski definition) is 6. The van der Waals surface area contributed by atoms with Crippen molar-refractivity contribution in [2.45, 2.75) is 19.4 Å². The molecule has 7 nitrogen and oxygen atoms in total. The van der Waals surface area contributed by atoms with Crippen molar-refractivity contribution in [3.8, 4) is 5.75 Å². The number of carbonyl (C=O) groups is 1. The summed E-state index contributed by atoms with van der Waals surface area (Å²) in [5.74, 6) is 1.01. The van der Waals surface area contributed by atoms with Crippen molar-refractivity contribution < 1.29 is 9.53 Å². The van der Waals surface area contributed by atoms with E-state index in [1.807, 2.05) is 0 Å². The van der Waals surface area contributed by atoms with Crippen LogP contribution in [-0.2, 0) is 17.8 Å². The number of aromatic nitrogens is 3. The summed E-state index contributed by atoms with van der Waals surface area (Å²) in [5.41, 5.74) is 0.609. The highest BCUT2D eigenvalue weighted by atomic mass is 32.1. The van der Waals surface area contributed by atoms with Crippen molar-refractivity contribution in [2.75, 3.05) is 11.9 Å². The van der Waals surface area contributed by atoms with E-state index in [-0.39, 0.29) is 18.1 Å². The summed E-state index contributed by atoms with van der Waals surface area (Å²) in [5, 5.41) is 5.46. The predicted molar refractivity (Wildman–Crippen MR) is 90.6 cm³/mol. The Morgan fingerprint density at radius 1 is 1.42 bits per heavy atom. The quantitative estimate of drug-likeness (QED) is 0.781. The lowest BCUT2D eigenvalue weighted by Gasteiger charge is -2.08. The van der Waals surface area contributed by atoms with Crippen LogP contribution in [0.2, 0.25) is 0 Å². The Morgan fingerprint density at radius 2 is 2.33 bits per heavy atom. The minimum Gasteiger partial charge on any atom is -0.484 e. The van der Waals surface area contributed by atoms with E-state index in [0.29, 0.717) is 28.3 Å². The molecule has 0 saturated carbocycles. The number of amides is 1. The minimum atomic E-state index is -0.297. The van der Waals surface area contributed by atoms with Gasteiger partial charge >= 0.3 is 0 Å². The molecule has 8 heteroatoms. The van der Waals surface area contributed by atoms with E-state index in [4.69, 9.17) is 4.74 Å². The van der Waals surface area contributed by atoms with Crippen LogP contribution in [0.15, 0.2) is 34.6 Å². The SMILES string of the molecule is O=C(COc1ccc2nc3n(c(=O)c2c1)CCC3)Nc1nccs1. The molecule has 1 N–H and O–H groups in total. The molecular formula is C16H14N4O3S. The Labute approximate surface area is 140 Å². The molecule has 122 valence electrons. The predicted octanol–water partition coefficient (Wildman–Crippen LogP) is 1.82. The van der Waals surface area contributed by atoms with Gasteiger partial charge in [0, 0.05) is 24.5 Å². The summed E-state index contributed by atoms with van der Waals surface area (Å²) in [7, 11) is 0. The van der Waals surface area contributed by atoms with E-state index < -0.39 is 0 Å². The molecular weight excluding hydrogens is 328 g/mol. The molecule has 0 unspecified atom stereocenters. The average Bonchev–Trinajstić information content (AvgIpc) is 3.25. The van der Waals surface area contributed by atoms with E-state index in [1.54, 1.807) is 34.3 Å². The maximum absolute atomic E-state index is 12.5. The Bertz CT molecular complexity index is 965. The van der Waals surface area contributed by atoms with Crippen LogP contribution in [-0.4, -0.2) is 27.0 Å². The zero-order valence-electron chi connectivity index (χ0n) is 12.7. The van der Waals surface area contributed by atoms with Gasteiger partial charge in [-0.15, -0.1) is 11.3 Å². The molecule has 4 rings (SSSR count). The van der Waals surface area contributed by atoms with Gasteiger partial charge in [-0.25, -0.2) is 9.97 Å². The summed E-state index contributed by atoms with van der Waals surface area (Å²) in [6.45, 7) is 0.559. The third kappa shape index (κ3) is 2.76. The molecule has 0 spiro atoms. The Kier molecular flexibility index (Phi) is 3.73. The lowest BCUT2D eigenvalue weighted by molar-refractivity contribution is -0.118. The normalized spacial score (nSPS) is 13.0. The summed E-state index contributed by atoms with van der Waals surface area (Å²) in [6.07, 6.45) is 3.39. The maximum atomic E-state index is 12.5. The monoisotopic (exact) mass is 342 g/mol. The first-order chi connectivity index (χ1) is 11.7. The van der Waals surface area contributed by atoms with Gasteiger partial charge in [-0.2, -0.15) is 0 Å². The summed E-state index contributed by atoms with van der Waals surface area (Å²) in [4.78, 5) is 32.8. The van der Waals surface area contributed by atoms with Gasteiger partial charge in [0.2, 0.25) is 0 Å². The Morgan fingerprint density at radius 3 is 3.17 bits per heavy atom. The van der Waals surface area contributed by atoms with Gasteiger partial charge in [0.05, 0.1) is 10.9 Å². The number of anilines is 1. The van der Waals surface area contributed by atoms with Crippen LogP contribution < -0.4 is 15.6 Å². The highest BCUT2D eigenvalue weighted by Crippen LogP contribution is 2.20. The average molecular weight is 342 g/mol. The molecule has 0 aliphatic carbocycles. The molecule has 0 saturated heterocycles. The fourth-order valence-corrected chi connectivity index (χ4v) is 3.29. The number of rotatable bonds is 4. The Balaban J connectivity index is 1.53. The van der Waals surface area contributed by atoms with Crippen LogP contribution in [0.3, 0.4) is 0 Å². The van der Waals surface area contributed by atoms with Gasteiger partial charge in [0.25, 0.3) is 11.5 Å². The minimum absolute atomic E-state index is 0.0508. The lowest BCUT2D eigenvalue weighted by atomic mass is 10.2. The molecule has 1 aliphatic rings. The lowest BCUT2D eigenvalue weighted by Crippen LogP contribution is -2.21. The second-order valence-electron chi connectivity index (χ2n) is 5.44. The first kappa shape index (κ1) is 14.8. The number of nitrogens with zero attached hydrogens (tertiary/aromatic N) is 3. The van der Waals surface area contributed by atoms with Gasteiger partial charge < -0.3 is 4.74 Å². The van der Waals surface area contributed by atoms with Gasteiger partial charge in [-0.05, 0) is 24.6 Å². The van der Waals surface area contributed by atoms with Gasteiger partial charge in [-0.1, -0.05) is 0 Å². The van der Waals surface area contributed by atoms with Gasteiger partial charge in [-0.3, -0.25) is 19.5 Å².